The van der Waals surface area contributed by atoms with Crippen molar-refractivity contribution in [3.63, 3.8) is 0 Å². The largest absolute Gasteiger partial charge is 0.333 e. The fourth-order valence-electron chi connectivity index (χ4n) is 4.00. The highest BCUT2D eigenvalue weighted by Gasteiger charge is 2.33. The highest BCUT2D eigenvalue weighted by atomic mass is 16.2. The molecular weight excluding hydrogens is 364 g/mol. The molecule has 2 heterocycles. The van der Waals surface area contributed by atoms with E-state index in [9.17, 15) is 9.59 Å². The van der Waals surface area contributed by atoms with Gasteiger partial charge in [-0.1, -0.05) is 48.0 Å². The van der Waals surface area contributed by atoms with E-state index in [0.29, 0.717) is 26.1 Å². The van der Waals surface area contributed by atoms with Crippen LogP contribution in [0.3, 0.4) is 0 Å². The van der Waals surface area contributed by atoms with Crippen LogP contribution < -0.4 is 10.2 Å². The lowest BCUT2D eigenvalue weighted by Crippen LogP contribution is -2.53. The van der Waals surface area contributed by atoms with Gasteiger partial charge in [0.1, 0.15) is 0 Å². The summed E-state index contributed by atoms with van der Waals surface area (Å²) in [6.45, 7) is 6.61. The van der Waals surface area contributed by atoms with Gasteiger partial charge in [0, 0.05) is 51.4 Å². The second kappa shape index (κ2) is 8.66. The molecular formula is C23H28N4O2. The molecule has 2 aromatic rings. The molecule has 0 unspecified atom stereocenters. The number of nitrogens with zero attached hydrogens (tertiary/aromatic N) is 3. The smallest absolute Gasteiger partial charge is 0.317 e. The lowest BCUT2D eigenvalue weighted by molar-refractivity contribution is -0.117. The van der Waals surface area contributed by atoms with Crippen molar-refractivity contribution in [2.24, 2.45) is 0 Å². The molecule has 0 aliphatic carbocycles. The average molecular weight is 393 g/mol. The summed E-state index contributed by atoms with van der Waals surface area (Å²) < 4.78 is 0. The predicted molar refractivity (Wildman–Crippen MR) is 114 cm³/mol. The molecule has 2 fully saturated rings. The van der Waals surface area contributed by atoms with Gasteiger partial charge in [-0.2, -0.15) is 0 Å². The first kappa shape index (κ1) is 19.5. The number of benzene rings is 2. The van der Waals surface area contributed by atoms with Gasteiger partial charge in [0.2, 0.25) is 5.91 Å². The Morgan fingerprint density at radius 2 is 1.69 bits per heavy atom. The molecule has 29 heavy (non-hydrogen) atoms. The van der Waals surface area contributed by atoms with Crippen LogP contribution in [0.4, 0.5) is 10.5 Å². The molecule has 0 spiro atoms. The number of aryl methyl sites for hydroxylation is 1. The van der Waals surface area contributed by atoms with Gasteiger partial charge < -0.3 is 15.1 Å². The minimum absolute atomic E-state index is 0.0619. The number of hydrogen-bond donors (Lipinski definition) is 1. The lowest BCUT2D eigenvalue weighted by atomic mass is 10.2. The molecule has 2 aromatic carbocycles. The third-order valence-electron chi connectivity index (χ3n) is 5.71. The van der Waals surface area contributed by atoms with Gasteiger partial charge in [-0.05, 0) is 24.6 Å². The second-order valence-corrected chi connectivity index (χ2v) is 7.94. The molecule has 2 saturated heterocycles. The normalized spacial score (nSPS) is 20.2. The number of urea groups is 1. The Morgan fingerprint density at radius 3 is 2.38 bits per heavy atom. The monoisotopic (exact) mass is 392 g/mol. The Hall–Kier alpha value is -2.86. The molecule has 2 aliphatic rings. The van der Waals surface area contributed by atoms with E-state index in [2.05, 4.69) is 34.5 Å². The van der Waals surface area contributed by atoms with E-state index in [1.54, 1.807) is 4.90 Å². The van der Waals surface area contributed by atoms with Crippen molar-refractivity contribution in [3.05, 3.63) is 65.7 Å². The van der Waals surface area contributed by atoms with Crippen molar-refractivity contribution in [3.8, 4) is 0 Å². The van der Waals surface area contributed by atoms with Gasteiger partial charge in [0.05, 0.1) is 6.04 Å². The molecule has 152 valence electrons. The van der Waals surface area contributed by atoms with E-state index >= 15 is 0 Å². The maximum absolute atomic E-state index is 12.7. The molecule has 6 nitrogen and oxygen atoms in total. The van der Waals surface area contributed by atoms with E-state index < -0.39 is 0 Å². The molecule has 1 N–H and O–H groups in total. The van der Waals surface area contributed by atoms with Crippen molar-refractivity contribution in [1.82, 2.24) is 15.1 Å². The first-order chi connectivity index (χ1) is 14.1. The van der Waals surface area contributed by atoms with E-state index in [4.69, 9.17) is 0 Å². The standard InChI is InChI=1S/C23H28N4O2/c1-18-7-9-21(10-8-18)27-17-20(15-22(27)28)24-23(29)26-13-11-25(12-14-26)16-19-5-3-2-4-6-19/h2-10,20H,11-17H2,1H3,(H,24,29)/t20-/m1/s1. The van der Waals surface area contributed by atoms with Crippen LogP contribution in [-0.4, -0.2) is 60.5 Å². The molecule has 0 radical (unpaired) electrons. The van der Waals surface area contributed by atoms with Crippen molar-refractivity contribution in [2.45, 2.75) is 25.9 Å². The molecule has 6 heteroatoms. The molecule has 1 atom stereocenters. The topological polar surface area (TPSA) is 55.9 Å². The Labute approximate surface area is 172 Å². The van der Waals surface area contributed by atoms with Crippen LogP contribution in [0.2, 0.25) is 0 Å². The maximum atomic E-state index is 12.7. The molecule has 0 saturated carbocycles. The molecule has 2 aliphatic heterocycles. The summed E-state index contributed by atoms with van der Waals surface area (Å²) in [5.74, 6) is 0.0619. The fourth-order valence-corrected chi connectivity index (χ4v) is 4.00. The third-order valence-corrected chi connectivity index (χ3v) is 5.71. The summed E-state index contributed by atoms with van der Waals surface area (Å²) in [6.07, 6.45) is 0.355. The number of nitrogens with one attached hydrogen (secondary N) is 1. The van der Waals surface area contributed by atoms with Crippen LogP contribution in [-0.2, 0) is 11.3 Å². The number of rotatable bonds is 4. The van der Waals surface area contributed by atoms with Crippen LogP contribution >= 0.6 is 0 Å². The highest BCUT2D eigenvalue weighted by Crippen LogP contribution is 2.22. The van der Waals surface area contributed by atoms with Gasteiger partial charge in [-0.3, -0.25) is 9.69 Å². The molecule has 4 rings (SSSR count). The summed E-state index contributed by atoms with van der Waals surface area (Å²) >= 11 is 0. The number of anilines is 1. The summed E-state index contributed by atoms with van der Waals surface area (Å²) in [7, 11) is 0. The second-order valence-electron chi connectivity index (χ2n) is 7.94. The van der Waals surface area contributed by atoms with Crippen molar-refractivity contribution < 1.29 is 9.59 Å². The summed E-state index contributed by atoms with van der Waals surface area (Å²) in [5.41, 5.74) is 3.36. The SMILES string of the molecule is Cc1ccc(N2C[C@H](NC(=O)N3CCN(Cc4ccccc4)CC3)CC2=O)cc1. The van der Waals surface area contributed by atoms with E-state index in [1.807, 2.05) is 42.2 Å². The van der Waals surface area contributed by atoms with Crippen LogP contribution in [0.5, 0.6) is 0 Å². The molecule has 0 bridgehead atoms. The van der Waals surface area contributed by atoms with Crippen molar-refractivity contribution >= 4 is 17.6 Å². The van der Waals surface area contributed by atoms with Crippen LogP contribution in [0, 0.1) is 6.92 Å². The number of carbonyl (C=O) groups is 2. The predicted octanol–water partition coefficient (Wildman–Crippen LogP) is 2.63. The Bertz CT molecular complexity index is 845. The van der Waals surface area contributed by atoms with E-state index in [0.717, 1.165) is 30.9 Å². The minimum atomic E-state index is -0.140. The number of hydrogen-bond acceptors (Lipinski definition) is 3. The zero-order valence-corrected chi connectivity index (χ0v) is 16.9. The maximum Gasteiger partial charge on any atom is 0.317 e. The van der Waals surface area contributed by atoms with Gasteiger partial charge in [-0.25, -0.2) is 4.79 Å². The average Bonchev–Trinajstić information content (AvgIpc) is 3.10. The molecule has 0 aromatic heterocycles. The van der Waals surface area contributed by atoms with Crippen LogP contribution in [0.15, 0.2) is 54.6 Å². The van der Waals surface area contributed by atoms with E-state index in [1.165, 1.54) is 5.56 Å². The van der Waals surface area contributed by atoms with Gasteiger partial charge in [0.25, 0.3) is 0 Å². The first-order valence-electron chi connectivity index (χ1n) is 10.3. The van der Waals surface area contributed by atoms with Gasteiger partial charge >= 0.3 is 6.03 Å². The van der Waals surface area contributed by atoms with Crippen molar-refractivity contribution in [2.75, 3.05) is 37.6 Å². The summed E-state index contributed by atoms with van der Waals surface area (Å²) in [4.78, 5) is 31.1. The first-order valence-corrected chi connectivity index (χ1v) is 10.3. The summed E-state index contributed by atoms with van der Waals surface area (Å²) in [5, 5.41) is 3.06. The zero-order chi connectivity index (χ0) is 20.2. The quantitative estimate of drug-likeness (QED) is 0.870. The fraction of sp³-hybridized carbons (Fsp3) is 0.391. The summed E-state index contributed by atoms with van der Waals surface area (Å²) in [6, 6.07) is 18.1. The van der Waals surface area contributed by atoms with E-state index in [-0.39, 0.29) is 18.0 Å². The van der Waals surface area contributed by atoms with Crippen molar-refractivity contribution in [1.29, 1.82) is 0 Å². The molecule has 3 amide bonds. The van der Waals surface area contributed by atoms with Crippen LogP contribution in [0.1, 0.15) is 17.5 Å². The number of piperazine rings is 1. The number of carbonyl (C=O) groups excluding carboxylic acids is 2. The Kier molecular flexibility index (Phi) is 5.81. The van der Waals surface area contributed by atoms with Gasteiger partial charge in [-0.15, -0.1) is 0 Å². The number of amides is 3. The Morgan fingerprint density at radius 1 is 1.00 bits per heavy atom. The minimum Gasteiger partial charge on any atom is -0.333 e. The lowest BCUT2D eigenvalue weighted by Gasteiger charge is -2.35. The third kappa shape index (κ3) is 4.77. The van der Waals surface area contributed by atoms with Crippen LogP contribution in [0.25, 0.3) is 0 Å². The Balaban J connectivity index is 1.26. The van der Waals surface area contributed by atoms with Gasteiger partial charge in [0.15, 0.2) is 0 Å². The highest BCUT2D eigenvalue weighted by molar-refractivity contribution is 5.96. The zero-order valence-electron chi connectivity index (χ0n) is 16.9.